The van der Waals surface area contributed by atoms with Crippen LogP contribution in [0.5, 0.6) is 0 Å². The van der Waals surface area contributed by atoms with Crippen LogP contribution in [0.4, 0.5) is 0 Å². The largest absolute Gasteiger partial charge is 0.320 e. The van der Waals surface area contributed by atoms with Crippen LogP contribution in [0, 0.1) is 5.92 Å². The first-order valence-electron chi connectivity index (χ1n) is 8.41. The van der Waals surface area contributed by atoms with Gasteiger partial charge in [-0.1, -0.05) is 38.2 Å². The molecule has 2 heterocycles. The van der Waals surface area contributed by atoms with Gasteiger partial charge in [0.1, 0.15) is 6.17 Å². The zero-order chi connectivity index (χ0) is 14.3. The van der Waals surface area contributed by atoms with Crippen molar-refractivity contribution in [2.75, 3.05) is 6.54 Å². The summed E-state index contributed by atoms with van der Waals surface area (Å²) in [6.45, 7) is 0.931. The lowest BCUT2D eigenvalue weighted by Gasteiger charge is -2.30. The molecule has 1 aromatic heterocycles. The summed E-state index contributed by atoms with van der Waals surface area (Å²) in [5.41, 5.74) is -0.242. The van der Waals surface area contributed by atoms with Gasteiger partial charge in [-0.15, -0.1) is 11.3 Å². The Balaban J connectivity index is 1.55. The Kier molecular flexibility index (Phi) is 3.54. The second-order valence-electron chi connectivity index (χ2n) is 6.94. The summed E-state index contributed by atoms with van der Waals surface area (Å²) in [6, 6.07) is 4.26. The van der Waals surface area contributed by atoms with Gasteiger partial charge in [-0.3, -0.25) is 10.1 Å². The predicted octanol–water partition coefficient (Wildman–Crippen LogP) is 3.68. The first-order valence-corrected chi connectivity index (χ1v) is 9.29. The molecule has 0 radical (unpaired) electrons. The minimum Gasteiger partial charge on any atom is -0.320 e. The highest BCUT2D eigenvalue weighted by Gasteiger charge is 2.52. The topological polar surface area (TPSA) is 32.3 Å². The quantitative estimate of drug-likeness (QED) is 0.920. The molecule has 1 saturated heterocycles. The molecule has 21 heavy (non-hydrogen) atoms. The van der Waals surface area contributed by atoms with E-state index >= 15 is 0 Å². The van der Waals surface area contributed by atoms with Crippen LogP contribution in [0.2, 0.25) is 0 Å². The van der Waals surface area contributed by atoms with E-state index < -0.39 is 0 Å². The molecule has 1 unspecified atom stereocenters. The molecule has 1 aliphatic heterocycles. The highest BCUT2D eigenvalue weighted by Crippen LogP contribution is 2.42. The number of nitrogens with one attached hydrogen (secondary N) is 1. The molecule has 2 aliphatic carbocycles. The van der Waals surface area contributed by atoms with E-state index in [0.717, 1.165) is 25.3 Å². The fraction of sp³-hybridized carbons (Fsp3) is 0.706. The van der Waals surface area contributed by atoms with E-state index in [-0.39, 0.29) is 11.7 Å². The molecule has 3 fully saturated rings. The van der Waals surface area contributed by atoms with Gasteiger partial charge >= 0.3 is 0 Å². The molecule has 1 aromatic rings. The van der Waals surface area contributed by atoms with Crippen molar-refractivity contribution in [1.29, 1.82) is 0 Å². The van der Waals surface area contributed by atoms with E-state index in [1.54, 1.807) is 11.3 Å². The molecule has 0 bridgehead atoms. The van der Waals surface area contributed by atoms with Crippen LogP contribution >= 0.6 is 11.3 Å². The van der Waals surface area contributed by atoms with Crippen molar-refractivity contribution in [3.63, 3.8) is 0 Å². The van der Waals surface area contributed by atoms with E-state index in [9.17, 15) is 4.79 Å². The van der Waals surface area contributed by atoms with E-state index in [1.165, 1.54) is 43.4 Å². The van der Waals surface area contributed by atoms with Gasteiger partial charge in [-0.2, -0.15) is 0 Å². The average molecular weight is 304 g/mol. The van der Waals surface area contributed by atoms with Gasteiger partial charge in [0.25, 0.3) is 0 Å². The minimum absolute atomic E-state index is 0.121. The lowest BCUT2D eigenvalue weighted by atomic mass is 9.83. The maximum Gasteiger partial charge on any atom is 0.244 e. The smallest absolute Gasteiger partial charge is 0.244 e. The molecule has 4 heteroatoms. The molecule has 1 amide bonds. The summed E-state index contributed by atoms with van der Waals surface area (Å²) in [4.78, 5) is 16.5. The highest BCUT2D eigenvalue weighted by molar-refractivity contribution is 7.10. The Morgan fingerprint density at radius 2 is 2.10 bits per heavy atom. The van der Waals surface area contributed by atoms with Crippen LogP contribution in [-0.4, -0.2) is 22.9 Å². The van der Waals surface area contributed by atoms with Crippen molar-refractivity contribution in [2.45, 2.75) is 63.1 Å². The number of carbonyl (C=O) groups is 1. The predicted molar refractivity (Wildman–Crippen MR) is 85.1 cm³/mol. The van der Waals surface area contributed by atoms with E-state index in [0.29, 0.717) is 5.91 Å². The molecule has 3 aliphatic rings. The van der Waals surface area contributed by atoms with Gasteiger partial charge in [0.05, 0.1) is 5.54 Å². The van der Waals surface area contributed by atoms with E-state index in [2.05, 4.69) is 27.7 Å². The second-order valence-corrected chi connectivity index (χ2v) is 7.91. The molecule has 1 atom stereocenters. The fourth-order valence-corrected chi connectivity index (χ4v) is 4.92. The first-order chi connectivity index (χ1) is 10.3. The van der Waals surface area contributed by atoms with Crippen LogP contribution in [0.1, 0.15) is 62.4 Å². The first kappa shape index (κ1) is 13.8. The monoisotopic (exact) mass is 304 g/mol. The Labute approximate surface area is 130 Å². The maximum absolute atomic E-state index is 13.0. The molecular formula is C17H24N2OS. The molecule has 2 saturated carbocycles. The molecule has 1 N–H and O–H groups in total. The fourth-order valence-electron chi connectivity index (χ4n) is 4.14. The van der Waals surface area contributed by atoms with Crippen molar-refractivity contribution >= 4 is 17.2 Å². The molecule has 114 valence electrons. The van der Waals surface area contributed by atoms with Crippen molar-refractivity contribution < 1.29 is 4.79 Å². The van der Waals surface area contributed by atoms with Crippen molar-refractivity contribution in [2.24, 2.45) is 5.92 Å². The molecule has 0 aromatic carbocycles. The highest BCUT2D eigenvalue weighted by atomic mass is 32.1. The second kappa shape index (κ2) is 5.40. The van der Waals surface area contributed by atoms with Crippen LogP contribution in [0.15, 0.2) is 17.5 Å². The normalized spacial score (nSPS) is 28.5. The third-order valence-corrected chi connectivity index (χ3v) is 6.59. The van der Waals surface area contributed by atoms with Gasteiger partial charge in [0.15, 0.2) is 0 Å². The summed E-state index contributed by atoms with van der Waals surface area (Å²) in [7, 11) is 0. The van der Waals surface area contributed by atoms with Gasteiger partial charge < -0.3 is 4.90 Å². The van der Waals surface area contributed by atoms with Crippen molar-refractivity contribution in [3.05, 3.63) is 22.4 Å². The number of rotatable bonds is 4. The average Bonchev–Trinajstić information content (AvgIpc) is 3.13. The van der Waals surface area contributed by atoms with Crippen LogP contribution in [-0.2, 0) is 4.79 Å². The van der Waals surface area contributed by atoms with Gasteiger partial charge in [-0.05, 0) is 36.6 Å². The van der Waals surface area contributed by atoms with Gasteiger partial charge in [0, 0.05) is 11.4 Å². The van der Waals surface area contributed by atoms with Crippen molar-refractivity contribution in [3.8, 4) is 0 Å². The van der Waals surface area contributed by atoms with E-state index in [1.807, 2.05) is 0 Å². The van der Waals surface area contributed by atoms with Crippen LogP contribution in [0.3, 0.4) is 0 Å². The van der Waals surface area contributed by atoms with Crippen molar-refractivity contribution in [1.82, 2.24) is 10.2 Å². The molecule has 3 nitrogen and oxygen atoms in total. The third-order valence-electron chi connectivity index (χ3n) is 5.67. The summed E-state index contributed by atoms with van der Waals surface area (Å²) in [5.74, 6) is 1.24. The summed E-state index contributed by atoms with van der Waals surface area (Å²) >= 11 is 1.77. The Bertz CT molecular complexity index is 503. The number of carbonyl (C=O) groups excluding carboxylic acids is 1. The Morgan fingerprint density at radius 1 is 1.29 bits per heavy atom. The Hall–Kier alpha value is -0.870. The van der Waals surface area contributed by atoms with Crippen LogP contribution in [0.25, 0.3) is 0 Å². The number of hydrogen-bond donors (Lipinski definition) is 1. The number of amides is 1. The summed E-state index contributed by atoms with van der Waals surface area (Å²) < 4.78 is 0. The molecule has 1 spiro atoms. The van der Waals surface area contributed by atoms with Crippen LogP contribution < -0.4 is 5.32 Å². The summed E-state index contributed by atoms with van der Waals surface area (Å²) in [6.07, 6.45) is 9.84. The maximum atomic E-state index is 13.0. The van der Waals surface area contributed by atoms with Gasteiger partial charge in [0.2, 0.25) is 5.91 Å². The summed E-state index contributed by atoms with van der Waals surface area (Å²) in [5, 5.41) is 5.83. The number of hydrogen-bond acceptors (Lipinski definition) is 3. The number of thiophene rings is 1. The zero-order valence-electron chi connectivity index (χ0n) is 12.5. The number of nitrogens with zero attached hydrogens (tertiary/aromatic N) is 1. The minimum atomic E-state index is -0.242. The van der Waals surface area contributed by atoms with Gasteiger partial charge in [-0.25, -0.2) is 0 Å². The molecule has 4 rings (SSSR count). The third kappa shape index (κ3) is 2.33. The lowest BCUT2D eigenvalue weighted by molar-refractivity contribution is -0.133. The zero-order valence-corrected chi connectivity index (χ0v) is 13.3. The standard InChI is InChI=1S/C17H24N2OS/c20-16-17(9-1-2-10-17)18-15(14-7-4-12-21-14)19(16)11-8-13-5-3-6-13/h4,7,12-13,15,18H,1-3,5-6,8-11H2. The SMILES string of the molecule is O=C1N(CCC2CCC2)C(c2cccs2)NC12CCCC2. The van der Waals surface area contributed by atoms with E-state index in [4.69, 9.17) is 0 Å². The lowest BCUT2D eigenvalue weighted by Crippen LogP contribution is -2.44. The molecular weight excluding hydrogens is 280 g/mol. The Morgan fingerprint density at radius 3 is 2.71 bits per heavy atom.